The number of sulfonamides is 1. The van der Waals surface area contributed by atoms with Gasteiger partial charge in [-0.3, -0.25) is 4.79 Å². The fraction of sp³-hybridized carbons (Fsp3) is 0.350. The molecule has 9 heteroatoms. The summed E-state index contributed by atoms with van der Waals surface area (Å²) in [6.45, 7) is 0.167. The number of aliphatic carboxylic acids is 1. The van der Waals surface area contributed by atoms with E-state index in [1.54, 1.807) is 0 Å². The van der Waals surface area contributed by atoms with Crippen LogP contribution in [0.5, 0.6) is 0 Å². The molecule has 1 aromatic rings. The molecular weight excluding hydrogens is 404 g/mol. The maximum Gasteiger partial charge on any atom is 0.310 e. The van der Waals surface area contributed by atoms with Gasteiger partial charge in [0.2, 0.25) is 10.0 Å². The van der Waals surface area contributed by atoms with E-state index >= 15 is 4.39 Å². The first-order valence-corrected chi connectivity index (χ1v) is 10.7. The zero-order chi connectivity index (χ0) is 20.8. The lowest BCUT2D eigenvalue weighted by Crippen LogP contribution is -2.38. The summed E-state index contributed by atoms with van der Waals surface area (Å²) in [6.07, 6.45) is 2.38. The Morgan fingerprint density at radius 1 is 1.24 bits per heavy atom. The zero-order valence-electron chi connectivity index (χ0n) is 15.3. The number of hydrogen-bond acceptors (Lipinski definition) is 4. The lowest BCUT2D eigenvalue weighted by Gasteiger charge is -2.35. The maximum absolute atomic E-state index is 15.4. The average molecular weight is 423 g/mol. The SMILES string of the molecule is O=C(O)C1C=C2C(=C3OCCC=C3C(CNS(=O)(=O)c3ccc(F)cc3)C2F)C1. The van der Waals surface area contributed by atoms with E-state index in [1.807, 2.05) is 6.08 Å². The fourth-order valence-electron chi connectivity index (χ4n) is 3.97. The number of halogens is 2. The molecule has 1 aromatic carbocycles. The quantitative estimate of drug-likeness (QED) is 0.760. The molecule has 6 nitrogen and oxygen atoms in total. The molecule has 2 aliphatic carbocycles. The van der Waals surface area contributed by atoms with Crippen LogP contribution in [-0.2, 0) is 19.6 Å². The number of ether oxygens (including phenoxy) is 1. The van der Waals surface area contributed by atoms with Crippen molar-refractivity contribution in [2.75, 3.05) is 13.2 Å². The van der Waals surface area contributed by atoms with E-state index in [1.165, 1.54) is 6.08 Å². The molecule has 0 radical (unpaired) electrons. The second kappa shape index (κ2) is 7.38. The smallest absolute Gasteiger partial charge is 0.310 e. The summed E-state index contributed by atoms with van der Waals surface area (Å²) in [6, 6.07) is 4.34. The first kappa shape index (κ1) is 19.8. The minimum atomic E-state index is -3.96. The summed E-state index contributed by atoms with van der Waals surface area (Å²) in [4.78, 5) is 11.2. The van der Waals surface area contributed by atoms with Crippen LogP contribution >= 0.6 is 0 Å². The second-order valence-corrected chi connectivity index (χ2v) is 8.96. The van der Waals surface area contributed by atoms with Gasteiger partial charge in [-0.2, -0.15) is 0 Å². The summed E-state index contributed by atoms with van der Waals surface area (Å²) in [5.74, 6) is -2.81. The Hall–Kier alpha value is -2.52. The Morgan fingerprint density at radius 2 is 1.97 bits per heavy atom. The molecule has 0 amide bonds. The van der Waals surface area contributed by atoms with Gasteiger partial charge >= 0.3 is 5.97 Å². The molecule has 0 aromatic heterocycles. The van der Waals surface area contributed by atoms with Crippen LogP contribution in [0.15, 0.2) is 63.8 Å². The van der Waals surface area contributed by atoms with Gasteiger partial charge in [0.05, 0.1) is 17.4 Å². The Labute approximate surface area is 166 Å². The number of benzene rings is 1. The largest absolute Gasteiger partial charge is 0.493 e. The van der Waals surface area contributed by atoms with Crippen molar-refractivity contribution in [2.24, 2.45) is 11.8 Å². The highest BCUT2D eigenvalue weighted by Gasteiger charge is 2.44. The lowest BCUT2D eigenvalue weighted by molar-refractivity contribution is -0.139. The van der Waals surface area contributed by atoms with Crippen LogP contribution in [0.3, 0.4) is 0 Å². The molecule has 29 heavy (non-hydrogen) atoms. The van der Waals surface area contributed by atoms with Crippen LogP contribution in [-0.4, -0.2) is 38.8 Å². The molecule has 1 heterocycles. The normalized spacial score (nSPS) is 26.2. The number of nitrogens with one attached hydrogen (secondary N) is 1. The Morgan fingerprint density at radius 3 is 2.66 bits per heavy atom. The van der Waals surface area contributed by atoms with Crippen molar-refractivity contribution in [2.45, 2.75) is 23.9 Å². The van der Waals surface area contributed by atoms with Gasteiger partial charge in [0.1, 0.15) is 17.7 Å². The predicted octanol–water partition coefficient (Wildman–Crippen LogP) is 2.70. The number of carboxylic acid groups (broad SMARTS) is 1. The molecular formula is C20H19F2NO5S. The van der Waals surface area contributed by atoms with Crippen molar-refractivity contribution < 1.29 is 31.8 Å². The topological polar surface area (TPSA) is 92.7 Å². The van der Waals surface area contributed by atoms with Crippen molar-refractivity contribution in [3.8, 4) is 0 Å². The predicted molar refractivity (Wildman–Crippen MR) is 99.5 cm³/mol. The van der Waals surface area contributed by atoms with Gasteiger partial charge in [-0.15, -0.1) is 0 Å². The molecule has 0 bridgehead atoms. The molecule has 0 saturated heterocycles. The molecule has 3 aliphatic rings. The zero-order valence-corrected chi connectivity index (χ0v) is 16.1. The van der Waals surface area contributed by atoms with E-state index < -0.39 is 39.8 Å². The maximum atomic E-state index is 15.4. The minimum Gasteiger partial charge on any atom is -0.493 e. The molecule has 0 spiro atoms. The summed E-state index contributed by atoms with van der Waals surface area (Å²) >= 11 is 0. The lowest BCUT2D eigenvalue weighted by atomic mass is 9.79. The fourth-order valence-corrected chi connectivity index (χ4v) is 5.03. The number of rotatable bonds is 5. The third-order valence-electron chi connectivity index (χ3n) is 5.40. The Kier molecular flexibility index (Phi) is 5.04. The van der Waals surface area contributed by atoms with Crippen molar-refractivity contribution in [1.82, 2.24) is 4.72 Å². The first-order chi connectivity index (χ1) is 13.8. The highest BCUT2D eigenvalue weighted by atomic mass is 32.2. The molecule has 154 valence electrons. The summed E-state index contributed by atoms with van der Waals surface area (Å²) in [5.41, 5.74) is 1.37. The summed E-state index contributed by atoms with van der Waals surface area (Å²) in [7, 11) is -3.96. The van der Waals surface area contributed by atoms with Gasteiger partial charge < -0.3 is 9.84 Å². The second-order valence-electron chi connectivity index (χ2n) is 7.19. The third kappa shape index (κ3) is 3.60. The van der Waals surface area contributed by atoms with Gasteiger partial charge in [0.25, 0.3) is 0 Å². The third-order valence-corrected chi connectivity index (χ3v) is 6.84. The standard InChI is InChI=1S/C20H19F2NO5S/c21-12-3-5-13(6-4-12)29(26,27)23-10-17-14-2-1-7-28-19(14)16-9-11(20(24)25)8-15(16)18(17)22/h2-6,8,11,17-18,23H,1,7,9-10H2,(H,24,25). The van der Waals surface area contributed by atoms with Crippen LogP contribution in [0.4, 0.5) is 8.78 Å². The van der Waals surface area contributed by atoms with E-state index in [9.17, 15) is 22.7 Å². The number of allylic oxidation sites excluding steroid dienone is 3. The minimum absolute atomic E-state index is 0.124. The molecule has 4 rings (SSSR count). The van der Waals surface area contributed by atoms with Crippen molar-refractivity contribution in [3.05, 3.63) is 64.7 Å². The molecule has 2 N–H and O–H groups in total. The molecule has 1 aliphatic heterocycles. The van der Waals surface area contributed by atoms with Crippen LogP contribution in [0.1, 0.15) is 12.8 Å². The van der Waals surface area contributed by atoms with Crippen molar-refractivity contribution in [1.29, 1.82) is 0 Å². The number of fused-ring (bicyclic) bond motifs is 2. The van der Waals surface area contributed by atoms with Gasteiger partial charge in [-0.05, 0) is 41.8 Å². The number of alkyl halides is 1. The summed E-state index contributed by atoms with van der Waals surface area (Å²) in [5, 5.41) is 9.30. The van der Waals surface area contributed by atoms with Gasteiger partial charge in [-0.1, -0.05) is 12.2 Å². The van der Waals surface area contributed by atoms with Crippen LogP contribution in [0.25, 0.3) is 0 Å². The van der Waals surface area contributed by atoms with E-state index in [4.69, 9.17) is 4.74 Å². The number of carboxylic acids is 1. The van der Waals surface area contributed by atoms with Crippen molar-refractivity contribution >= 4 is 16.0 Å². The Bertz CT molecular complexity index is 1040. The van der Waals surface area contributed by atoms with E-state index in [0.29, 0.717) is 29.9 Å². The average Bonchev–Trinajstić information content (AvgIpc) is 3.15. The van der Waals surface area contributed by atoms with Crippen molar-refractivity contribution in [3.63, 3.8) is 0 Å². The van der Waals surface area contributed by atoms with Crippen LogP contribution in [0, 0.1) is 17.7 Å². The number of carbonyl (C=O) groups is 1. The van der Waals surface area contributed by atoms with Crippen LogP contribution < -0.4 is 4.72 Å². The molecule has 0 fully saturated rings. The van der Waals surface area contributed by atoms with Gasteiger partial charge in [0, 0.05) is 24.5 Å². The van der Waals surface area contributed by atoms with Gasteiger partial charge in [0.15, 0.2) is 0 Å². The highest BCUT2D eigenvalue weighted by Crippen LogP contribution is 2.47. The monoisotopic (exact) mass is 423 g/mol. The summed E-state index contributed by atoms with van der Waals surface area (Å²) < 4.78 is 61.6. The van der Waals surface area contributed by atoms with Gasteiger partial charge in [-0.25, -0.2) is 21.9 Å². The molecule has 3 unspecified atom stereocenters. The van der Waals surface area contributed by atoms with E-state index in [-0.39, 0.29) is 23.4 Å². The van der Waals surface area contributed by atoms with E-state index in [2.05, 4.69) is 4.72 Å². The van der Waals surface area contributed by atoms with Crippen LogP contribution in [0.2, 0.25) is 0 Å². The number of hydrogen-bond donors (Lipinski definition) is 2. The molecule has 0 saturated carbocycles. The highest BCUT2D eigenvalue weighted by molar-refractivity contribution is 7.89. The first-order valence-electron chi connectivity index (χ1n) is 9.18. The van der Waals surface area contributed by atoms with E-state index in [0.717, 1.165) is 24.3 Å². The Balaban J connectivity index is 1.62. The molecule has 3 atom stereocenters.